The fourth-order valence-electron chi connectivity index (χ4n) is 3.97. The lowest BCUT2D eigenvalue weighted by atomic mass is 10.1. The topological polar surface area (TPSA) is 86.6 Å². The molecule has 0 aliphatic carbocycles. The summed E-state index contributed by atoms with van der Waals surface area (Å²) in [6, 6.07) is 7.05. The summed E-state index contributed by atoms with van der Waals surface area (Å²) < 4.78 is 27.2. The molecule has 0 amide bonds. The Bertz CT molecular complexity index is 857. The summed E-state index contributed by atoms with van der Waals surface area (Å²) in [6.07, 6.45) is 1.96. The van der Waals surface area contributed by atoms with Crippen LogP contribution in [0.2, 0.25) is 0 Å². The number of piperazine rings is 1. The highest BCUT2D eigenvalue weighted by Gasteiger charge is 2.34. The van der Waals surface area contributed by atoms with E-state index in [-0.39, 0.29) is 11.9 Å². The van der Waals surface area contributed by atoms with Gasteiger partial charge in [-0.1, -0.05) is 31.0 Å². The summed E-state index contributed by atoms with van der Waals surface area (Å²) in [5.74, 6) is 0.464. The molecule has 1 atom stereocenters. The second-order valence-electron chi connectivity index (χ2n) is 7.70. The minimum Gasteiger partial charge on any atom is -0.326 e. The number of nitrogens with one attached hydrogen (secondary N) is 2. The third-order valence-electron chi connectivity index (χ3n) is 5.71. The molecule has 0 bridgehead atoms. The Labute approximate surface area is 167 Å². The van der Waals surface area contributed by atoms with E-state index in [0.717, 1.165) is 51.1 Å². The van der Waals surface area contributed by atoms with E-state index in [0.29, 0.717) is 10.7 Å². The average Bonchev–Trinajstić information content (AvgIpc) is 3.13. The number of quaternary nitrogens is 2. The number of hydrogen-bond donors (Lipinski definition) is 2. The number of aromatic nitrogens is 4. The molecule has 1 fully saturated rings. The molecule has 1 aliphatic rings. The molecule has 1 aromatic carbocycles. The van der Waals surface area contributed by atoms with Gasteiger partial charge in [0.05, 0.1) is 11.4 Å². The Morgan fingerprint density at radius 1 is 1.11 bits per heavy atom. The quantitative estimate of drug-likeness (QED) is 0.589. The van der Waals surface area contributed by atoms with Crippen LogP contribution < -0.4 is 9.80 Å². The van der Waals surface area contributed by atoms with E-state index in [2.05, 4.69) is 29.4 Å². The first-order valence-corrected chi connectivity index (χ1v) is 11.8. The maximum absolute atomic E-state index is 12.9. The van der Waals surface area contributed by atoms with E-state index in [1.165, 1.54) is 9.58 Å². The van der Waals surface area contributed by atoms with Crippen molar-refractivity contribution in [3.8, 4) is 0 Å². The lowest BCUT2D eigenvalue weighted by Crippen LogP contribution is -3.28. The minimum atomic E-state index is -3.51. The van der Waals surface area contributed by atoms with Crippen LogP contribution in [0.25, 0.3) is 0 Å². The van der Waals surface area contributed by atoms with Crippen LogP contribution >= 0.6 is 0 Å². The van der Waals surface area contributed by atoms with Gasteiger partial charge in [0.25, 0.3) is 0 Å². The van der Waals surface area contributed by atoms with Gasteiger partial charge in [-0.05, 0) is 36.4 Å². The van der Waals surface area contributed by atoms with Gasteiger partial charge >= 0.3 is 0 Å². The zero-order valence-electron chi connectivity index (χ0n) is 17.1. The van der Waals surface area contributed by atoms with Gasteiger partial charge in [0.1, 0.15) is 32.2 Å². The molecule has 0 unspecified atom stereocenters. The molecule has 1 aliphatic heterocycles. The van der Waals surface area contributed by atoms with Crippen molar-refractivity contribution in [2.75, 3.05) is 32.7 Å². The first-order chi connectivity index (χ1) is 13.4. The third kappa shape index (κ3) is 4.76. The average molecular weight is 409 g/mol. The Kier molecular flexibility index (Phi) is 6.79. The van der Waals surface area contributed by atoms with E-state index < -0.39 is 9.84 Å². The van der Waals surface area contributed by atoms with E-state index in [1.54, 1.807) is 17.0 Å². The number of likely N-dealkylation sites (N-methyl/N-ethyl adjacent to an activating group) is 1. The number of hydrogen-bond acceptors (Lipinski definition) is 5. The Balaban J connectivity index is 1.81. The van der Waals surface area contributed by atoms with Crippen molar-refractivity contribution in [3.63, 3.8) is 0 Å². The first-order valence-electron chi connectivity index (χ1n) is 10.2. The van der Waals surface area contributed by atoms with Gasteiger partial charge in [-0.15, -0.1) is 5.10 Å². The summed E-state index contributed by atoms with van der Waals surface area (Å²) in [6.45, 7) is 11.9. The second kappa shape index (κ2) is 9.11. The van der Waals surface area contributed by atoms with Crippen LogP contribution in [-0.4, -0.2) is 61.3 Å². The van der Waals surface area contributed by atoms with Crippen molar-refractivity contribution < 1.29 is 18.2 Å². The molecule has 2 heterocycles. The summed E-state index contributed by atoms with van der Waals surface area (Å²) in [7, 11) is -3.51. The zero-order chi connectivity index (χ0) is 20.1. The molecule has 1 aromatic heterocycles. The second-order valence-corrected chi connectivity index (χ2v) is 9.66. The highest BCUT2D eigenvalue weighted by molar-refractivity contribution is 7.90. The fraction of sp³-hybridized carbons (Fsp3) is 0.632. The molecular formula is C19H32N6O2S+2. The third-order valence-corrected chi connectivity index (χ3v) is 7.29. The van der Waals surface area contributed by atoms with Crippen molar-refractivity contribution >= 4 is 9.84 Å². The largest absolute Gasteiger partial charge is 0.326 e. The first kappa shape index (κ1) is 20.9. The van der Waals surface area contributed by atoms with Crippen LogP contribution in [0.5, 0.6) is 0 Å². The number of rotatable bonds is 8. The van der Waals surface area contributed by atoms with Crippen molar-refractivity contribution in [3.05, 3.63) is 35.7 Å². The number of benzene rings is 1. The minimum absolute atomic E-state index is 0.131. The monoisotopic (exact) mass is 408 g/mol. The normalized spacial score (nSPS) is 21.5. The molecule has 154 valence electrons. The molecule has 2 aromatic rings. The van der Waals surface area contributed by atoms with Crippen molar-refractivity contribution in [2.24, 2.45) is 0 Å². The van der Waals surface area contributed by atoms with Crippen LogP contribution in [-0.2, 0) is 15.7 Å². The van der Waals surface area contributed by atoms with Crippen LogP contribution in [0.1, 0.15) is 44.1 Å². The van der Waals surface area contributed by atoms with Crippen LogP contribution in [0.3, 0.4) is 0 Å². The molecule has 0 radical (unpaired) electrons. The molecule has 9 heteroatoms. The smallest absolute Gasteiger partial charge is 0.210 e. The molecular weight excluding hydrogens is 376 g/mol. The highest BCUT2D eigenvalue weighted by atomic mass is 32.2. The molecule has 0 saturated carbocycles. The summed E-state index contributed by atoms with van der Waals surface area (Å²) in [5.41, 5.74) is 1.03. The van der Waals surface area contributed by atoms with E-state index >= 15 is 0 Å². The number of sulfone groups is 1. The van der Waals surface area contributed by atoms with Crippen LogP contribution in [0, 0.1) is 6.92 Å². The fourth-order valence-corrected chi connectivity index (χ4v) is 5.17. The van der Waals surface area contributed by atoms with Crippen LogP contribution in [0.15, 0.2) is 29.2 Å². The van der Waals surface area contributed by atoms with Gasteiger partial charge in [0.2, 0.25) is 5.82 Å². The number of tetrazole rings is 1. The highest BCUT2D eigenvalue weighted by Crippen LogP contribution is 2.17. The van der Waals surface area contributed by atoms with Gasteiger partial charge in [0.15, 0.2) is 15.7 Å². The Morgan fingerprint density at radius 3 is 2.39 bits per heavy atom. The van der Waals surface area contributed by atoms with Gasteiger partial charge in [0, 0.05) is 6.42 Å². The maximum atomic E-state index is 12.9. The van der Waals surface area contributed by atoms with Crippen molar-refractivity contribution in [1.82, 2.24) is 20.2 Å². The van der Waals surface area contributed by atoms with Gasteiger partial charge in [-0.3, -0.25) is 0 Å². The van der Waals surface area contributed by atoms with Crippen molar-refractivity contribution in [2.45, 2.75) is 50.4 Å². The van der Waals surface area contributed by atoms with Crippen LogP contribution in [0.4, 0.5) is 0 Å². The summed E-state index contributed by atoms with van der Waals surface area (Å²) in [4.78, 5) is 3.39. The predicted octanol–water partition coefficient (Wildman–Crippen LogP) is -0.943. The lowest BCUT2D eigenvalue weighted by Gasteiger charge is -2.33. The number of aryl methyl sites for hydroxylation is 1. The van der Waals surface area contributed by atoms with Crippen molar-refractivity contribution in [1.29, 1.82) is 0 Å². The standard InChI is InChI=1S/C19H30N6O2S/c1-4-6-18(24-13-11-23(5-2)12-14-24)19-20-21-22-25(19)15-28(26,27)17-9-7-16(3)8-10-17/h7-10,18H,4-6,11-15H2,1-3H3/p+2/t18-/m0/s1. The number of nitrogens with zero attached hydrogens (tertiary/aromatic N) is 4. The van der Waals surface area contributed by atoms with E-state index in [9.17, 15) is 8.42 Å². The molecule has 8 nitrogen and oxygen atoms in total. The van der Waals surface area contributed by atoms with Gasteiger partial charge < -0.3 is 9.80 Å². The zero-order valence-corrected chi connectivity index (χ0v) is 17.9. The lowest BCUT2D eigenvalue weighted by molar-refractivity contribution is -1.03. The Hall–Kier alpha value is -1.84. The molecule has 0 spiro atoms. The molecule has 1 saturated heterocycles. The molecule has 2 N–H and O–H groups in total. The summed E-state index contributed by atoms with van der Waals surface area (Å²) >= 11 is 0. The Morgan fingerprint density at radius 2 is 1.79 bits per heavy atom. The molecule has 3 rings (SSSR count). The molecule has 28 heavy (non-hydrogen) atoms. The van der Waals surface area contributed by atoms with Gasteiger partial charge in [-0.2, -0.15) is 0 Å². The van der Waals surface area contributed by atoms with Gasteiger partial charge in [-0.25, -0.2) is 13.1 Å². The SMILES string of the molecule is CCC[C@@H](c1nnnn1CS(=O)(=O)c1ccc(C)cc1)[NH+]1CC[NH+](CC)CC1. The predicted molar refractivity (Wildman–Crippen MR) is 106 cm³/mol. The van der Waals surface area contributed by atoms with E-state index in [1.807, 2.05) is 19.1 Å². The maximum Gasteiger partial charge on any atom is 0.210 e. The summed E-state index contributed by atoms with van der Waals surface area (Å²) in [5, 5.41) is 12.1. The van der Waals surface area contributed by atoms with E-state index in [4.69, 9.17) is 0 Å².